The van der Waals surface area contributed by atoms with E-state index in [0.29, 0.717) is 30.4 Å². The maximum atomic E-state index is 2.76. The van der Waals surface area contributed by atoms with Gasteiger partial charge in [-0.25, -0.2) is 0 Å². The van der Waals surface area contributed by atoms with E-state index in [-0.39, 0.29) is 5.41 Å². The van der Waals surface area contributed by atoms with Crippen molar-refractivity contribution in [3.05, 3.63) is 190 Å². The van der Waals surface area contributed by atoms with E-state index in [9.17, 15) is 0 Å². The molecule has 1 heteroatoms. The molecule has 0 saturated carbocycles. The van der Waals surface area contributed by atoms with Crippen LogP contribution in [0.4, 0.5) is 0 Å². The van der Waals surface area contributed by atoms with Gasteiger partial charge in [0.05, 0.1) is 0 Å². The highest BCUT2D eigenvalue weighted by molar-refractivity contribution is 6.93. The van der Waals surface area contributed by atoms with Crippen molar-refractivity contribution in [1.82, 2.24) is 0 Å². The van der Waals surface area contributed by atoms with Gasteiger partial charge in [0.25, 0.3) is 0 Å². The largest absolute Gasteiger partial charge is 0.242 e. The summed E-state index contributed by atoms with van der Waals surface area (Å²) in [5.74, 6) is 1.69. The Morgan fingerprint density at radius 2 is 1.48 bits per heavy atom. The molecule has 0 fully saturated rings. The highest BCUT2D eigenvalue weighted by Gasteiger charge is 2.47. The first-order valence-corrected chi connectivity index (χ1v) is 18.4. The molecule has 236 valence electrons. The molecule has 0 spiro atoms. The number of rotatable bonds is 5. The van der Waals surface area contributed by atoms with Gasteiger partial charge in [-0.15, -0.1) is 0 Å². The lowest BCUT2D eigenvalue weighted by Gasteiger charge is -2.47. The molecule has 4 aliphatic carbocycles. The van der Waals surface area contributed by atoms with Gasteiger partial charge in [0.15, 0.2) is 0 Å². The van der Waals surface area contributed by atoms with Crippen LogP contribution in [0.2, 0.25) is 0 Å². The van der Waals surface area contributed by atoms with E-state index in [0.717, 1.165) is 38.5 Å². The predicted octanol–water partition coefficient (Wildman–Crippen LogP) is 10.2. The van der Waals surface area contributed by atoms with Crippen LogP contribution in [0.3, 0.4) is 0 Å². The third-order valence-corrected chi connectivity index (χ3v) is 12.7. The second-order valence-electron chi connectivity index (χ2n) is 15.2. The van der Waals surface area contributed by atoms with Gasteiger partial charge < -0.3 is 0 Å². The normalized spacial score (nSPS) is 26.3. The van der Waals surface area contributed by atoms with Crippen molar-refractivity contribution in [3.8, 4) is 0 Å². The van der Waals surface area contributed by atoms with Crippen LogP contribution in [0.5, 0.6) is 0 Å². The summed E-state index contributed by atoms with van der Waals surface area (Å²) < 4.78 is 0. The average Bonchev–Trinajstić information content (AvgIpc) is 3.16. The monoisotopic (exact) mass is 620 g/mol. The van der Waals surface area contributed by atoms with Crippen LogP contribution < -0.4 is 10.9 Å². The summed E-state index contributed by atoms with van der Waals surface area (Å²) in [7, 11) is 0. The Labute approximate surface area is 287 Å². The zero-order valence-electron chi connectivity index (χ0n) is 28.4. The third kappa shape index (κ3) is 4.81. The van der Waals surface area contributed by atoms with Gasteiger partial charge in [-0.05, 0) is 77.8 Å². The molecule has 0 nitrogen and oxygen atoms in total. The molecule has 2 heterocycles. The summed E-state index contributed by atoms with van der Waals surface area (Å²) in [5.41, 5.74) is 17.0. The first-order chi connectivity index (χ1) is 23.6. The Hall–Kier alpha value is -4.36. The smallest absolute Gasteiger partial charge is 0.0842 e. The molecule has 48 heavy (non-hydrogen) atoms. The van der Waals surface area contributed by atoms with E-state index in [1.807, 2.05) is 0 Å². The Morgan fingerprint density at radius 3 is 2.17 bits per heavy atom. The van der Waals surface area contributed by atoms with Gasteiger partial charge in [0.2, 0.25) is 6.71 Å². The highest BCUT2D eigenvalue weighted by atomic mass is 14.5. The van der Waals surface area contributed by atoms with Crippen LogP contribution in [0.15, 0.2) is 162 Å². The molecule has 5 atom stereocenters. The van der Waals surface area contributed by atoms with Crippen molar-refractivity contribution in [2.45, 2.75) is 75.5 Å². The molecule has 2 aliphatic heterocycles. The van der Waals surface area contributed by atoms with Crippen LogP contribution >= 0.6 is 0 Å². The van der Waals surface area contributed by atoms with Gasteiger partial charge in [0.1, 0.15) is 0 Å². The minimum Gasteiger partial charge on any atom is -0.0842 e. The van der Waals surface area contributed by atoms with Crippen LogP contribution in [0.25, 0.3) is 0 Å². The number of fused-ring (bicyclic) bond motifs is 4. The van der Waals surface area contributed by atoms with Gasteiger partial charge in [-0.3, -0.25) is 0 Å². The number of benzene rings is 3. The average molecular weight is 621 g/mol. The summed E-state index contributed by atoms with van der Waals surface area (Å²) in [6, 6.07) is 26.5. The molecule has 3 aromatic rings. The molecule has 0 bridgehead atoms. The Morgan fingerprint density at radius 1 is 0.750 bits per heavy atom. The zero-order valence-corrected chi connectivity index (χ0v) is 28.4. The van der Waals surface area contributed by atoms with Crippen molar-refractivity contribution in [2.24, 2.45) is 5.92 Å². The summed E-state index contributed by atoms with van der Waals surface area (Å²) in [5, 5.41) is 0. The topological polar surface area (TPSA) is 0 Å². The van der Waals surface area contributed by atoms with E-state index in [1.54, 1.807) is 33.1 Å². The van der Waals surface area contributed by atoms with E-state index < -0.39 is 0 Å². The fourth-order valence-electron chi connectivity index (χ4n) is 9.96. The molecule has 0 N–H and O–H groups in total. The molecular weight excluding hydrogens is 575 g/mol. The van der Waals surface area contributed by atoms with E-state index in [4.69, 9.17) is 0 Å². The zero-order chi connectivity index (χ0) is 32.2. The lowest BCUT2D eigenvalue weighted by atomic mass is 9.28. The molecule has 0 amide bonds. The fraction of sp³-hybridized carbons (Fsp3) is 0.277. The summed E-state index contributed by atoms with van der Waals surface area (Å²) in [6.07, 6.45) is 34.7. The van der Waals surface area contributed by atoms with E-state index in [2.05, 4.69) is 153 Å². The maximum absolute atomic E-state index is 2.76. The second-order valence-corrected chi connectivity index (χ2v) is 15.2. The first kappa shape index (κ1) is 29.8. The Bertz CT molecular complexity index is 2020. The van der Waals surface area contributed by atoms with Crippen molar-refractivity contribution in [2.75, 3.05) is 0 Å². The minimum absolute atomic E-state index is 0.0529. The third-order valence-electron chi connectivity index (χ3n) is 12.7. The standard InChI is InChI=1S/C47H45B/c1-32-42-26-25-36(34-17-9-4-10-18-34)30-45(42)48-44-29-35(33-15-7-3-8-16-33)23-24-37(44)27-38-28-41(31-43(32)46(38)48)47(2,39-19-11-5-12-20-39)40-21-13-6-14-22-40/h3-13,15,17,19-21,23-26,29-34,41H,14,16,18,22,27-28H2,1-2H3. The maximum Gasteiger partial charge on any atom is 0.242 e. The Kier molecular flexibility index (Phi) is 7.41. The molecule has 3 aromatic carbocycles. The van der Waals surface area contributed by atoms with Crippen LogP contribution in [-0.2, 0) is 11.8 Å². The molecule has 0 aromatic heterocycles. The molecule has 9 rings (SSSR count). The quantitative estimate of drug-likeness (QED) is 0.249. The van der Waals surface area contributed by atoms with E-state index in [1.165, 1.54) is 27.8 Å². The van der Waals surface area contributed by atoms with Gasteiger partial charge in [0, 0.05) is 23.2 Å². The van der Waals surface area contributed by atoms with Crippen molar-refractivity contribution in [1.29, 1.82) is 0 Å². The van der Waals surface area contributed by atoms with Crippen LogP contribution in [-0.4, -0.2) is 6.71 Å². The van der Waals surface area contributed by atoms with Crippen molar-refractivity contribution < 1.29 is 0 Å². The molecule has 6 aliphatic rings. The van der Waals surface area contributed by atoms with Gasteiger partial charge in [-0.2, -0.15) is 0 Å². The van der Waals surface area contributed by atoms with E-state index >= 15 is 0 Å². The van der Waals surface area contributed by atoms with Gasteiger partial charge >= 0.3 is 0 Å². The number of hydrogen-bond acceptors (Lipinski definition) is 0. The number of allylic oxidation sites excluding steroid dienone is 16. The fourth-order valence-corrected chi connectivity index (χ4v) is 9.96. The SMILES string of the molecule is CC1C2=CC(C(C)(C3=CC=CCC3)c3ccccc3)CC3=C2B(c2cc(C4C=CC=CC4)ccc2C3)c2cc(C3C=CC=CC3)ccc21. The van der Waals surface area contributed by atoms with Crippen LogP contribution in [0.1, 0.15) is 91.5 Å². The highest BCUT2D eigenvalue weighted by Crippen LogP contribution is 2.52. The molecule has 0 saturated heterocycles. The summed E-state index contributed by atoms with van der Waals surface area (Å²) >= 11 is 0. The predicted molar refractivity (Wildman–Crippen MR) is 205 cm³/mol. The van der Waals surface area contributed by atoms with Crippen LogP contribution in [0, 0.1) is 5.92 Å². The van der Waals surface area contributed by atoms with Gasteiger partial charge in [-0.1, -0.05) is 181 Å². The second kappa shape index (κ2) is 12.0. The molecular formula is C47H45B. The first-order valence-electron chi connectivity index (χ1n) is 18.4. The van der Waals surface area contributed by atoms with Crippen molar-refractivity contribution >= 4 is 17.6 Å². The van der Waals surface area contributed by atoms with Crippen molar-refractivity contribution in [3.63, 3.8) is 0 Å². The summed E-state index contributed by atoms with van der Waals surface area (Å²) in [6.45, 7) is 5.34. The lowest BCUT2D eigenvalue weighted by Crippen LogP contribution is -2.55. The number of hydrogen-bond donors (Lipinski definition) is 0. The molecule has 5 unspecified atom stereocenters. The minimum atomic E-state index is -0.0529. The summed E-state index contributed by atoms with van der Waals surface area (Å²) in [4.78, 5) is 0. The Balaban J connectivity index is 1.22. The lowest BCUT2D eigenvalue weighted by molar-refractivity contribution is 0.382. The molecule has 0 radical (unpaired) electrons.